The molecule has 3 heterocycles. The van der Waals surface area contributed by atoms with Crippen molar-refractivity contribution in [3.05, 3.63) is 76.2 Å². The van der Waals surface area contributed by atoms with Gasteiger partial charge in [0.25, 0.3) is 0 Å². The number of halogens is 1. The molecule has 1 N–H and O–H groups in total. The van der Waals surface area contributed by atoms with Crippen LogP contribution >= 0.6 is 35.1 Å². The van der Waals surface area contributed by atoms with E-state index in [9.17, 15) is 9.90 Å². The number of alkyl halides is 1. The van der Waals surface area contributed by atoms with Crippen LogP contribution in [0.25, 0.3) is 0 Å². The van der Waals surface area contributed by atoms with Crippen molar-refractivity contribution in [1.82, 2.24) is 9.91 Å². The standard InChI is InChI=1S/C19H14ClN3O2S2/c20-15-16(11-4-2-1-3-5-11)22(17(15)25)19-21-23-14(27-19)10-26-18(23)12-6-8-13(24)9-7-12/h1-10,15-16,18,24H. The molecule has 2 aromatic carbocycles. The molecule has 27 heavy (non-hydrogen) atoms. The van der Waals surface area contributed by atoms with Crippen molar-refractivity contribution in [3.8, 4) is 5.75 Å². The number of thioether (sulfide) groups is 2. The highest BCUT2D eigenvalue weighted by atomic mass is 35.5. The Morgan fingerprint density at radius 2 is 1.78 bits per heavy atom. The summed E-state index contributed by atoms with van der Waals surface area (Å²) in [5, 5.41) is 19.3. The van der Waals surface area contributed by atoms with Gasteiger partial charge in [-0.1, -0.05) is 54.2 Å². The third-order valence-corrected chi connectivity index (χ3v) is 7.33. The zero-order valence-corrected chi connectivity index (χ0v) is 16.3. The number of amidine groups is 1. The molecule has 1 saturated heterocycles. The normalized spacial score (nSPS) is 26.6. The van der Waals surface area contributed by atoms with Gasteiger partial charge in [0.2, 0.25) is 5.91 Å². The van der Waals surface area contributed by atoms with Crippen molar-refractivity contribution < 1.29 is 9.90 Å². The molecule has 5 nitrogen and oxygen atoms in total. The maximum absolute atomic E-state index is 12.5. The molecule has 2 aromatic rings. The van der Waals surface area contributed by atoms with Gasteiger partial charge in [-0.2, -0.15) is 0 Å². The number of hydrazone groups is 1. The predicted molar refractivity (Wildman–Crippen MR) is 109 cm³/mol. The lowest BCUT2D eigenvalue weighted by Gasteiger charge is -2.43. The quantitative estimate of drug-likeness (QED) is 0.580. The Morgan fingerprint density at radius 1 is 1.04 bits per heavy atom. The van der Waals surface area contributed by atoms with Crippen LogP contribution in [0.1, 0.15) is 22.5 Å². The second-order valence-electron chi connectivity index (χ2n) is 6.33. The number of fused-ring (bicyclic) bond motifs is 1. The summed E-state index contributed by atoms with van der Waals surface area (Å²) in [5.41, 5.74) is 2.05. The van der Waals surface area contributed by atoms with Crippen molar-refractivity contribution >= 4 is 46.2 Å². The summed E-state index contributed by atoms with van der Waals surface area (Å²) < 4.78 is 0. The molecule has 0 spiro atoms. The molecule has 0 aromatic heterocycles. The fourth-order valence-corrected chi connectivity index (χ4v) is 5.91. The summed E-state index contributed by atoms with van der Waals surface area (Å²) >= 11 is 9.46. The fourth-order valence-electron chi connectivity index (χ4n) is 3.32. The lowest BCUT2D eigenvalue weighted by atomic mass is 9.94. The van der Waals surface area contributed by atoms with Gasteiger partial charge in [0.05, 0.1) is 6.04 Å². The van der Waals surface area contributed by atoms with Crippen molar-refractivity contribution in [2.24, 2.45) is 5.10 Å². The highest BCUT2D eigenvalue weighted by Crippen LogP contribution is 2.52. The minimum absolute atomic E-state index is 0.0102. The van der Waals surface area contributed by atoms with Crippen LogP contribution in [-0.2, 0) is 4.79 Å². The largest absolute Gasteiger partial charge is 0.508 e. The molecule has 3 atom stereocenters. The monoisotopic (exact) mass is 415 g/mol. The molecule has 8 heteroatoms. The Labute approximate surface area is 169 Å². The lowest BCUT2D eigenvalue weighted by molar-refractivity contribution is -0.138. The van der Waals surface area contributed by atoms with Gasteiger partial charge in [0.1, 0.15) is 21.5 Å². The van der Waals surface area contributed by atoms with E-state index in [2.05, 4.69) is 5.41 Å². The molecule has 136 valence electrons. The molecule has 5 rings (SSSR count). The number of carbonyl (C=O) groups is 1. The highest BCUT2D eigenvalue weighted by molar-refractivity contribution is 8.18. The number of rotatable bonds is 2. The van der Waals surface area contributed by atoms with Crippen LogP contribution in [0.2, 0.25) is 0 Å². The SMILES string of the molecule is O=C1C(Cl)C(c2ccccc2)N1C1=NN2C(=CSC2c2ccc(O)cc2)S1. The summed E-state index contributed by atoms with van der Waals surface area (Å²) in [7, 11) is 0. The number of carbonyl (C=O) groups excluding carboxylic acids is 1. The summed E-state index contributed by atoms with van der Waals surface area (Å²) in [6.45, 7) is 0. The smallest absolute Gasteiger partial charge is 0.249 e. The Kier molecular flexibility index (Phi) is 4.11. The Hall–Kier alpha value is -2.09. The average Bonchev–Trinajstić information content (AvgIpc) is 3.27. The van der Waals surface area contributed by atoms with Crippen LogP contribution < -0.4 is 0 Å². The van der Waals surface area contributed by atoms with Crippen molar-refractivity contribution in [3.63, 3.8) is 0 Å². The third kappa shape index (κ3) is 2.72. The number of phenols is 1. The topological polar surface area (TPSA) is 56.1 Å². The highest BCUT2D eigenvalue weighted by Gasteiger charge is 2.52. The molecule has 0 aliphatic carbocycles. The Bertz CT molecular complexity index is 965. The first-order valence-electron chi connectivity index (χ1n) is 8.36. The zero-order valence-electron chi connectivity index (χ0n) is 13.9. The summed E-state index contributed by atoms with van der Waals surface area (Å²) in [5.74, 6) is 0.118. The maximum atomic E-state index is 12.5. The first-order chi connectivity index (χ1) is 13.1. The van der Waals surface area contributed by atoms with E-state index in [0.717, 1.165) is 16.2 Å². The summed E-state index contributed by atoms with van der Waals surface area (Å²) in [6, 6.07) is 16.7. The van der Waals surface area contributed by atoms with Gasteiger partial charge in [-0.25, -0.2) is 5.01 Å². The van der Waals surface area contributed by atoms with E-state index in [4.69, 9.17) is 16.7 Å². The predicted octanol–water partition coefficient (Wildman–Crippen LogP) is 4.45. The first-order valence-corrected chi connectivity index (χ1v) is 10.6. The van der Waals surface area contributed by atoms with E-state index in [1.807, 2.05) is 47.5 Å². The fraction of sp³-hybridized carbons (Fsp3) is 0.158. The van der Waals surface area contributed by atoms with Gasteiger partial charge in [-0.05, 0) is 35.0 Å². The molecular formula is C19H14ClN3O2S2. The van der Waals surface area contributed by atoms with Crippen LogP contribution in [-0.4, -0.2) is 31.5 Å². The Balaban J connectivity index is 1.43. The third-order valence-electron chi connectivity index (χ3n) is 4.69. The van der Waals surface area contributed by atoms with Gasteiger partial charge >= 0.3 is 0 Å². The lowest BCUT2D eigenvalue weighted by Crippen LogP contribution is -2.57. The molecule has 3 aliphatic rings. The molecule has 0 radical (unpaired) electrons. The first kappa shape index (κ1) is 17.0. The summed E-state index contributed by atoms with van der Waals surface area (Å²) in [6.07, 6.45) is 0. The molecule has 0 bridgehead atoms. The van der Waals surface area contributed by atoms with Gasteiger partial charge in [-0.15, -0.1) is 16.7 Å². The minimum atomic E-state index is -0.567. The van der Waals surface area contributed by atoms with E-state index >= 15 is 0 Å². The van der Waals surface area contributed by atoms with E-state index in [1.165, 1.54) is 11.8 Å². The second kappa shape index (κ2) is 6.51. The number of phenolic OH excluding ortho intramolecular Hbond substituents is 1. The van der Waals surface area contributed by atoms with Crippen LogP contribution in [0.3, 0.4) is 0 Å². The summed E-state index contributed by atoms with van der Waals surface area (Å²) in [4.78, 5) is 14.2. The number of amides is 1. The molecule has 0 saturated carbocycles. The van der Waals surface area contributed by atoms with E-state index in [0.29, 0.717) is 5.17 Å². The molecule has 1 amide bonds. The molecule has 1 fully saturated rings. The number of hydrogen-bond acceptors (Lipinski definition) is 6. The number of hydrogen-bond donors (Lipinski definition) is 1. The van der Waals surface area contributed by atoms with Gasteiger partial charge in [0, 0.05) is 5.41 Å². The van der Waals surface area contributed by atoms with E-state index in [-0.39, 0.29) is 23.1 Å². The number of nitrogens with zero attached hydrogens (tertiary/aromatic N) is 3. The van der Waals surface area contributed by atoms with Gasteiger partial charge in [0.15, 0.2) is 5.17 Å². The Morgan fingerprint density at radius 3 is 2.52 bits per heavy atom. The second-order valence-corrected chi connectivity index (χ2v) is 8.74. The van der Waals surface area contributed by atoms with Gasteiger partial charge < -0.3 is 5.11 Å². The molecule has 3 aliphatic heterocycles. The van der Waals surface area contributed by atoms with Crippen LogP contribution in [0.15, 0.2) is 70.1 Å². The number of β-lactam (4-membered cyclic amide) rings is 1. The van der Waals surface area contributed by atoms with Crippen LogP contribution in [0.5, 0.6) is 5.75 Å². The van der Waals surface area contributed by atoms with Crippen molar-refractivity contribution in [2.45, 2.75) is 16.8 Å². The average molecular weight is 416 g/mol. The van der Waals surface area contributed by atoms with E-state index < -0.39 is 5.38 Å². The van der Waals surface area contributed by atoms with Crippen molar-refractivity contribution in [2.75, 3.05) is 0 Å². The number of aromatic hydroxyl groups is 1. The molecular weight excluding hydrogens is 402 g/mol. The number of likely N-dealkylation sites (tertiary alicyclic amines) is 1. The van der Waals surface area contributed by atoms with E-state index in [1.54, 1.807) is 28.8 Å². The maximum Gasteiger partial charge on any atom is 0.249 e. The zero-order chi connectivity index (χ0) is 18.5. The number of benzene rings is 2. The van der Waals surface area contributed by atoms with Crippen LogP contribution in [0.4, 0.5) is 0 Å². The minimum Gasteiger partial charge on any atom is -0.508 e. The van der Waals surface area contributed by atoms with Gasteiger partial charge in [-0.3, -0.25) is 9.69 Å². The van der Waals surface area contributed by atoms with Crippen LogP contribution in [0, 0.1) is 0 Å². The molecule has 3 unspecified atom stereocenters. The van der Waals surface area contributed by atoms with Crippen molar-refractivity contribution in [1.29, 1.82) is 0 Å².